The summed E-state index contributed by atoms with van der Waals surface area (Å²) in [5, 5.41) is 0. The van der Waals surface area contributed by atoms with Crippen LogP contribution >= 0.6 is 0 Å². The van der Waals surface area contributed by atoms with E-state index >= 15 is 0 Å². The molecule has 2 rings (SSSR count). The molecule has 0 radical (unpaired) electrons. The third-order valence-electron chi connectivity index (χ3n) is 4.32. The van der Waals surface area contributed by atoms with Gasteiger partial charge in [-0.3, -0.25) is 4.79 Å². The quantitative estimate of drug-likeness (QED) is 0.804. The van der Waals surface area contributed by atoms with Gasteiger partial charge in [0.05, 0.1) is 4.90 Å². The molecule has 1 heterocycles. The van der Waals surface area contributed by atoms with Crippen LogP contribution in [-0.4, -0.2) is 31.6 Å². The highest BCUT2D eigenvalue weighted by molar-refractivity contribution is 7.89. The minimum Gasteiger partial charge on any atom is -0.295 e. The highest BCUT2D eigenvalue weighted by Gasteiger charge is 2.30. The first-order valence-corrected chi connectivity index (χ1v) is 8.87. The molecule has 1 fully saturated rings. The van der Waals surface area contributed by atoms with E-state index in [4.69, 9.17) is 0 Å². The molecule has 1 aromatic rings. The van der Waals surface area contributed by atoms with Crippen molar-refractivity contribution in [2.24, 2.45) is 11.8 Å². The van der Waals surface area contributed by atoms with Gasteiger partial charge >= 0.3 is 0 Å². The standard InChI is InChI=1S/C16H23NO3S/c1-12(2)14-7-9-17(10-8-14)21(19,20)16-6-4-5-15(11-16)13(3)18/h4-6,11-12,14H,7-10H2,1-3H3. The third kappa shape index (κ3) is 3.52. The fourth-order valence-electron chi connectivity index (χ4n) is 2.81. The van der Waals surface area contributed by atoms with Crippen LogP contribution in [0.5, 0.6) is 0 Å². The second kappa shape index (κ2) is 6.28. The van der Waals surface area contributed by atoms with Crippen LogP contribution in [0, 0.1) is 11.8 Å². The van der Waals surface area contributed by atoms with Gasteiger partial charge in [0.15, 0.2) is 5.78 Å². The number of carbonyl (C=O) groups is 1. The summed E-state index contributed by atoms with van der Waals surface area (Å²) in [6, 6.07) is 6.32. The zero-order chi connectivity index (χ0) is 15.6. The molecule has 0 saturated carbocycles. The first-order valence-electron chi connectivity index (χ1n) is 7.43. The largest absolute Gasteiger partial charge is 0.295 e. The first kappa shape index (κ1) is 16.2. The number of hydrogen-bond acceptors (Lipinski definition) is 3. The maximum absolute atomic E-state index is 12.7. The van der Waals surface area contributed by atoms with E-state index in [-0.39, 0.29) is 10.7 Å². The second-order valence-electron chi connectivity index (χ2n) is 6.07. The van der Waals surface area contributed by atoms with Crippen LogP contribution in [0.1, 0.15) is 44.0 Å². The van der Waals surface area contributed by atoms with Crippen molar-refractivity contribution in [2.45, 2.75) is 38.5 Å². The summed E-state index contributed by atoms with van der Waals surface area (Å²) in [6.45, 7) is 6.95. The second-order valence-corrected chi connectivity index (χ2v) is 8.01. The number of ketones is 1. The Hall–Kier alpha value is -1.20. The maximum atomic E-state index is 12.7. The first-order chi connectivity index (χ1) is 9.82. The van der Waals surface area contributed by atoms with Crippen molar-refractivity contribution in [1.82, 2.24) is 4.31 Å². The fraction of sp³-hybridized carbons (Fsp3) is 0.562. The molecule has 21 heavy (non-hydrogen) atoms. The lowest BCUT2D eigenvalue weighted by molar-refractivity contribution is 0.101. The predicted molar refractivity (Wildman–Crippen MR) is 82.8 cm³/mol. The molecule has 0 aliphatic carbocycles. The van der Waals surface area contributed by atoms with Crippen molar-refractivity contribution in [3.8, 4) is 0 Å². The van der Waals surface area contributed by atoms with Gasteiger partial charge in [-0.25, -0.2) is 8.42 Å². The zero-order valence-corrected chi connectivity index (χ0v) is 13.7. The molecule has 5 heteroatoms. The van der Waals surface area contributed by atoms with Crippen molar-refractivity contribution >= 4 is 15.8 Å². The average molecular weight is 309 g/mol. The minimum atomic E-state index is -3.49. The lowest BCUT2D eigenvalue weighted by Crippen LogP contribution is -2.39. The summed E-state index contributed by atoms with van der Waals surface area (Å²) in [5.74, 6) is 1.07. The van der Waals surface area contributed by atoms with Crippen molar-refractivity contribution in [3.63, 3.8) is 0 Å². The van der Waals surface area contributed by atoms with E-state index in [0.29, 0.717) is 30.5 Å². The van der Waals surface area contributed by atoms with Gasteiger partial charge in [0.1, 0.15) is 0 Å². The smallest absolute Gasteiger partial charge is 0.243 e. The van der Waals surface area contributed by atoms with Gasteiger partial charge in [0.25, 0.3) is 0 Å². The van der Waals surface area contributed by atoms with Crippen molar-refractivity contribution in [2.75, 3.05) is 13.1 Å². The summed E-state index contributed by atoms with van der Waals surface area (Å²) in [6.07, 6.45) is 1.81. The van der Waals surface area contributed by atoms with Gasteiger partial charge in [-0.1, -0.05) is 26.0 Å². The summed E-state index contributed by atoms with van der Waals surface area (Å²) in [5.41, 5.74) is 0.438. The summed E-state index contributed by atoms with van der Waals surface area (Å²) < 4.78 is 26.9. The maximum Gasteiger partial charge on any atom is 0.243 e. The molecule has 0 N–H and O–H groups in total. The van der Waals surface area contributed by atoms with Gasteiger partial charge in [0.2, 0.25) is 10.0 Å². The summed E-state index contributed by atoms with van der Waals surface area (Å²) in [4.78, 5) is 11.6. The molecule has 1 aromatic carbocycles. The Morgan fingerprint density at radius 1 is 1.24 bits per heavy atom. The third-order valence-corrected chi connectivity index (χ3v) is 6.21. The van der Waals surface area contributed by atoms with E-state index in [0.717, 1.165) is 12.8 Å². The van der Waals surface area contributed by atoms with Gasteiger partial charge in [-0.2, -0.15) is 4.31 Å². The molecule has 0 unspecified atom stereocenters. The molecule has 0 atom stereocenters. The Labute approximate surface area is 127 Å². The van der Waals surface area contributed by atoms with Crippen LogP contribution in [0.4, 0.5) is 0 Å². The molecular weight excluding hydrogens is 286 g/mol. The van der Waals surface area contributed by atoms with Crippen molar-refractivity contribution in [3.05, 3.63) is 29.8 Å². The summed E-state index contributed by atoms with van der Waals surface area (Å²) in [7, 11) is -3.49. The van der Waals surface area contributed by atoms with Crippen LogP contribution in [0.15, 0.2) is 29.2 Å². The molecule has 116 valence electrons. The molecule has 0 bridgehead atoms. The Bertz CT molecular complexity index is 614. The van der Waals surface area contributed by atoms with Gasteiger partial charge in [0, 0.05) is 18.7 Å². The molecular formula is C16H23NO3S. The average Bonchev–Trinajstić information content (AvgIpc) is 2.47. The molecule has 1 aliphatic rings. The highest BCUT2D eigenvalue weighted by Crippen LogP contribution is 2.28. The number of carbonyl (C=O) groups excluding carboxylic acids is 1. The molecule has 1 saturated heterocycles. The van der Waals surface area contributed by atoms with E-state index < -0.39 is 10.0 Å². The topological polar surface area (TPSA) is 54.5 Å². The number of piperidine rings is 1. The zero-order valence-electron chi connectivity index (χ0n) is 12.9. The van der Waals surface area contributed by atoms with E-state index in [1.807, 2.05) is 0 Å². The Kier molecular flexibility index (Phi) is 4.84. The number of hydrogen-bond donors (Lipinski definition) is 0. The van der Waals surface area contributed by atoms with Crippen molar-refractivity contribution < 1.29 is 13.2 Å². The van der Waals surface area contributed by atoms with Gasteiger partial charge in [-0.15, -0.1) is 0 Å². The van der Waals surface area contributed by atoms with E-state index in [9.17, 15) is 13.2 Å². The number of rotatable bonds is 4. The van der Waals surface area contributed by atoms with E-state index in [1.165, 1.54) is 13.0 Å². The van der Waals surface area contributed by atoms with Crippen LogP contribution in [-0.2, 0) is 10.0 Å². The molecule has 0 amide bonds. The highest BCUT2D eigenvalue weighted by atomic mass is 32.2. The van der Waals surface area contributed by atoms with E-state index in [2.05, 4.69) is 13.8 Å². The van der Waals surface area contributed by atoms with Gasteiger partial charge < -0.3 is 0 Å². The molecule has 0 spiro atoms. The monoisotopic (exact) mass is 309 g/mol. The minimum absolute atomic E-state index is 0.120. The molecule has 0 aromatic heterocycles. The Morgan fingerprint density at radius 2 is 1.86 bits per heavy atom. The fourth-order valence-corrected chi connectivity index (χ4v) is 4.32. The number of sulfonamides is 1. The van der Waals surface area contributed by atoms with Crippen molar-refractivity contribution in [1.29, 1.82) is 0 Å². The SMILES string of the molecule is CC(=O)c1cccc(S(=O)(=O)N2CCC(C(C)C)CC2)c1. The lowest BCUT2D eigenvalue weighted by Gasteiger charge is -2.33. The molecule has 4 nitrogen and oxygen atoms in total. The van der Waals surface area contributed by atoms with Gasteiger partial charge in [-0.05, 0) is 43.7 Å². The Morgan fingerprint density at radius 3 is 2.38 bits per heavy atom. The van der Waals surface area contributed by atoms with Crippen LogP contribution in [0.2, 0.25) is 0 Å². The van der Waals surface area contributed by atoms with Crippen LogP contribution in [0.25, 0.3) is 0 Å². The van der Waals surface area contributed by atoms with Crippen LogP contribution in [0.3, 0.4) is 0 Å². The normalized spacial score (nSPS) is 18.1. The van der Waals surface area contributed by atoms with Crippen LogP contribution < -0.4 is 0 Å². The number of nitrogens with zero attached hydrogens (tertiary/aromatic N) is 1. The Balaban J connectivity index is 2.19. The summed E-state index contributed by atoms with van der Waals surface area (Å²) >= 11 is 0. The predicted octanol–water partition coefficient (Wildman–Crippen LogP) is 2.95. The molecule has 1 aliphatic heterocycles. The van der Waals surface area contributed by atoms with E-state index in [1.54, 1.807) is 22.5 Å². The number of benzene rings is 1. The number of Topliss-reactive ketones (excluding diaryl/α,β-unsaturated/α-hetero) is 1. The lowest BCUT2D eigenvalue weighted by atomic mass is 9.87.